The summed E-state index contributed by atoms with van der Waals surface area (Å²) >= 11 is 0. The van der Waals surface area contributed by atoms with E-state index < -0.39 is 0 Å². The highest BCUT2D eigenvalue weighted by Gasteiger charge is 2.34. The first-order valence-electron chi connectivity index (χ1n) is 6.47. The molecular weight excluding hydrogens is 246 g/mol. The molecule has 0 unspecified atom stereocenters. The Bertz CT molecular complexity index is 504. The number of benzene rings is 1. The molecule has 0 amide bonds. The predicted molar refractivity (Wildman–Crippen MR) is 69.6 cm³/mol. The molecule has 5 heteroatoms. The Labute approximate surface area is 111 Å². The summed E-state index contributed by atoms with van der Waals surface area (Å²) in [4.78, 5) is 12.3. The molecule has 0 saturated heterocycles. The number of ether oxygens (including phenoxy) is 3. The molecule has 19 heavy (non-hydrogen) atoms. The van der Waals surface area contributed by atoms with Crippen molar-refractivity contribution in [3.63, 3.8) is 0 Å². The van der Waals surface area contributed by atoms with Gasteiger partial charge >= 0.3 is 0 Å². The number of fused-ring (bicyclic) bond motifs is 2. The summed E-state index contributed by atoms with van der Waals surface area (Å²) in [5, 5.41) is 2.90. The highest BCUT2D eigenvalue weighted by Crippen LogP contribution is 2.48. The first-order valence-corrected chi connectivity index (χ1v) is 6.47. The summed E-state index contributed by atoms with van der Waals surface area (Å²) in [7, 11) is 3.39. The van der Waals surface area contributed by atoms with Gasteiger partial charge in [0.1, 0.15) is 5.75 Å². The molecule has 0 saturated carbocycles. The van der Waals surface area contributed by atoms with Crippen molar-refractivity contribution < 1.29 is 19.0 Å². The molecule has 0 bridgehead atoms. The first kappa shape index (κ1) is 12.3. The van der Waals surface area contributed by atoms with E-state index >= 15 is 0 Å². The second-order valence-corrected chi connectivity index (χ2v) is 4.67. The average molecular weight is 263 g/mol. The lowest BCUT2D eigenvalue weighted by molar-refractivity contribution is 0.0989. The summed E-state index contributed by atoms with van der Waals surface area (Å²) in [6, 6.07) is 0. The molecular formula is C14H17NO4. The number of ketones is 1. The topological polar surface area (TPSA) is 56.8 Å². The molecule has 0 radical (unpaired) electrons. The van der Waals surface area contributed by atoms with Gasteiger partial charge in [-0.1, -0.05) is 0 Å². The van der Waals surface area contributed by atoms with Crippen molar-refractivity contribution in [2.75, 3.05) is 33.9 Å². The van der Waals surface area contributed by atoms with Gasteiger partial charge in [-0.25, -0.2) is 0 Å². The first-order chi connectivity index (χ1) is 9.27. The quantitative estimate of drug-likeness (QED) is 0.820. The lowest BCUT2D eigenvalue weighted by atomic mass is 9.95. The second-order valence-electron chi connectivity index (χ2n) is 4.67. The van der Waals surface area contributed by atoms with Crippen molar-refractivity contribution in [1.82, 2.24) is 5.32 Å². The number of rotatable bonds is 4. The Morgan fingerprint density at radius 2 is 1.89 bits per heavy atom. The highest BCUT2D eigenvalue weighted by atomic mass is 16.5. The Morgan fingerprint density at radius 1 is 1.21 bits per heavy atom. The number of nitrogens with one attached hydrogen (secondary N) is 1. The molecule has 2 aliphatic rings. The predicted octanol–water partition coefficient (Wildman–Crippen LogP) is 0.967. The monoisotopic (exact) mass is 263 g/mol. The fourth-order valence-corrected chi connectivity index (χ4v) is 2.83. The van der Waals surface area contributed by atoms with Gasteiger partial charge in [0.15, 0.2) is 17.3 Å². The van der Waals surface area contributed by atoms with Crippen LogP contribution in [-0.2, 0) is 12.8 Å². The normalized spacial score (nSPS) is 15.5. The van der Waals surface area contributed by atoms with E-state index in [1.807, 2.05) is 0 Å². The average Bonchev–Trinajstić information content (AvgIpc) is 3.03. The molecule has 1 aromatic carbocycles. The van der Waals surface area contributed by atoms with E-state index in [9.17, 15) is 4.79 Å². The fourth-order valence-electron chi connectivity index (χ4n) is 2.83. The van der Waals surface area contributed by atoms with Crippen LogP contribution >= 0.6 is 0 Å². The van der Waals surface area contributed by atoms with Crippen LogP contribution in [0.1, 0.15) is 21.5 Å². The molecule has 0 atom stereocenters. The standard InChI is InChI=1S/C14H17NO4/c1-15-7-10(16)11-8-3-5-19-14(8)13(17-2)9-4-6-18-12(9)11/h15H,3-7H2,1-2H3. The number of hydrogen-bond donors (Lipinski definition) is 1. The summed E-state index contributed by atoms with van der Waals surface area (Å²) in [5.41, 5.74) is 2.57. The zero-order chi connectivity index (χ0) is 13.4. The van der Waals surface area contributed by atoms with Gasteiger partial charge in [-0.05, 0) is 7.05 Å². The third-order valence-electron chi connectivity index (χ3n) is 3.57. The van der Waals surface area contributed by atoms with Crippen LogP contribution in [0.4, 0.5) is 0 Å². The number of hydrogen-bond acceptors (Lipinski definition) is 5. The van der Waals surface area contributed by atoms with Gasteiger partial charge in [0, 0.05) is 24.0 Å². The van der Waals surface area contributed by atoms with E-state index in [4.69, 9.17) is 14.2 Å². The zero-order valence-electron chi connectivity index (χ0n) is 11.2. The van der Waals surface area contributed by atoms with Crippen molar-refractivity contribution >= 4 is 5.78 Å². The van der Waals surface area contributed by atoms with Crippen LogP contribution in [-0.4, -0.2) is 39.7 Å². The number of likely N-dealkylation sites (N-methyl/N-ethyl adjacent to an activating group) is 1. The summed E-state index contributed by atoms with van der Waals surface area (Å²) in [6.07, 6.45) is 1.49. The van der Waals surface area contributed by atoms with Crippen LogP contribution < -0.4 is 19.5 Å². The molecule has 3 rings (SSSR count). The van der Waals surface area contributed by atoms with Crippen molar-refractivity contribution in [1.29, 1.82) is 0 Å². The minimum absolute atomic E-state index is 0.0463. The Hall–Kier alpha value is -1.75. The van der Waals surface area contributed by atoms with Gasteiger partial charge in [0.05, 0.1) is 32.4 Å². The van der Waals surface area contributed by atoms with Gasteiger partial charge in [0.25, 0.3) is 0 Å². The summed E-state index contributed by atoms with van der Waals surface area (Å²) in [6.45, 7) is 1.48. The third-order valence-corrected chi connectivity index (χ3v) is 3.57. The molecule has 0 aliphatic carbocycles. The molecule has 5 nitrogen and oxygen atoms in total. The van der Waals surface area contributed by atoms with Crippen molar-refractivity contribution in [3.8, 4) is 17.2 Å². The van der Waals surface area contributed by atoms with E-state index in [0.717, 1.165) is 35.5 Å². The lowest BCUT2D eigenvalue weighted by Gasteiger charge is -2.15. The van der Waals surface area contributed by atoms with E-state index in [0.29, 0.717) is 31.1 Å². The van der Waals surface area contributed by atoms with Gasteiger partial charge in [-0.2, -0.15) is 0 Å². The van der Waals surface area contributed by atoms with Crippen LogP contribution in [0.2, 0.25) is 0 Å². The van der Waals surface area contributed by atoms with Gasteiger partial charge in [-0.3, -0.25) is 4.79 Å². The lowest BCUT2D eigenvalue weighted by Crippen LogP contribution is -2.20. The molecule has 1 aromatic rings. The van der Waals surface area contributed by atoms with Crippen LogP contribution in [0.15, 0.2) is 0 Å². The molecule has 2 aliphatic heterocycles. The van der Waals surface area contributed by atoms with E-state index in [1.165, 1.54) is 0 Å². The Morgan fingerprint density at radius 3 is 2.58 bits per heavy atom. The molecule has 0 spiro atoms. The van der Waals surface area contributed by atoms with Gasteiger partial charge in [0.2, 0.25) is 0 Å². The van der Waals surface area contributed by atoms with Crippen LogP contribution in [0, 0.1) is 0 Å². The van der Waals surface area contributed by atoms with Crippen LogP contribution in [0.5, 0.6) is 17.2 Å². The van der Waals surface area contributed by atoms with E-state index in [1.54, 1.807) is 14.2 Å². The van der Waals surface area contributed by atoms with Crippen molar-refractivity contribution in [2.24, 2.45) is 0 Å². The van der Waals surface area contributed by atoms with E-state index in [2.05, 4.69) is 5.32 Å². The second kappa shape index (κ2) is 4.74. The minimum atomic E-state index is 0.0463. The Kier molecular flexibility index (Phi) is 3.06. The maximum atomic E-state index is 12.3. The number of methoxy groups -OCH3 is 1. The largest absolute Gasteiger partial charge is 0.492 e. The highest BCUT2D eigenvalue weighted by molar-refractivity contribution is 6.03. The molecule has 2 heterocycles. The SMILES string of the molecule is CNCC(=O)c1c2c(c(OC)c3c1OCC3)OCC2. The maximum Gasteiger partial charge on any atom is 0.180 e. The van der Waals surface area contributed by atoms with Crippen molar-refractivity contribution in [3.05, 3.63) is 16.7 Å². The van der Waals surface area contributed by atoms with Crippen molar-refractivity contribution in [2.45, 2.75) is 12.8 Å². The molecule has 1 N–H and O–H groups in total. The van der Waals surface area contributed by atoms with Gasteiger partial charge in [-0.15, -0.1) is 0 Å². The number of carbonyl (C=O) groups excluding carboxylic acids is 1. The van der Waals surface area contributed by atoms with Gasteiger partial charge < -0.3 is 19.5 Å². The molecule has 102 valence electrons. The molecule has 0 aromatic heterocycles. The smallest absolute Gasteiger partial charge is 0.180 e. The summed E-state index contributed by atoms with van der Waals surface area (Å²) < 4.78 is 16.8. The molecule has 0 fully saturated rings. The number of Topliss-reactive ketones (excluding diaryl/α,β-unsaturated/α-hetero) is 1. The Balaban J connectivity index is 2.22. The number of carbonyl (C=O) groups is 1. The maximum absolute atomic E-state index is 12.3. The fraction of sp³-hybridized carbons (Fsp3) is 0.500. The van der Waals surface area contributed by atoms with E-state index in [-0.39, 0.29) is 5.78 Å². The summed E-state index contributed by atoms with van der Waals surface area (Å²) in [5.74, 6) is 2.21. The zero-order valence-corrected chi connectivity index (χ0v) is 11.2. The van der Waals surface area contributed by atoms with Crippen LogP contribution in [0.3, 0.4) is 0 Å². The third kappa shape index (κ3) is 1.76. The minimum Gasteiger partial charge on any atom is -0.492 e. The van der Waals surface area contributed by atoms with Crippen LogP contribution in [0.25, 0.3) is 0 Å².